The van der Waals surface area contributed by atoms with Gasteiger partial charge in [0.2, 0.25) is 0 Å². The second kappa shape index (κ2) is 4.79. The molecule has 0 bridgehead atoms. The molecule has 94 valence electrons. The van der Waals surface area contributed by atoms with Gasteiger partial charge in [-0.05, 0) is 18.2 Å². The second-order valence-electron chi connectivity index (χ2n) is 3.59. The zero-order chi connectivity index (χ0) is 13.1. The van der Waals surface area contributed by atoms with E-state index in [1.807, 2.05) is 0 Å². The molecule has 0 spiro atoms. The van der Waals surface area contributed by atoms with Gasteiger partial charge in [0.05, 0.1) is 12.7 Å². The van der Waals surface area contributed by atoms with Crippen LogP contribution in [0, 0.1) is 0 Å². The molecule has 0 amide bonds. The third-order valence-electron chi connectivity index (χ3n) is 2.39. The highest BCUT2D eigenvalue weighted by molar-refractivity contribution is 5.88. The molecular formula is C12H12N2O4. The Morgan fingerprint density at radius 1 is 1.39 bits per heavy atom. The van der Waals surface area contributed by atoms with Crippen molar-refractivity contribution in [1.29, 1.82) is 0 Å². The van der Waals surface area contributed by atoms with Gasteiger partial charge in [-0.15, -0.1) is 0 Å². The number of hydrogen-bond acceptors (Lipinski definition) is 4. The average molecular weight is 248 g/mol. The van der Waals surface area contributed by atoms with E-state index in [9.17, 15) is 4.79 Å². The lowest BCUT2D eigenvalue weighted by atomic mass is 10.2. The molecule has 0 aliphatic carbocycles. The number of carbonyl (C=O) groups is 1. The highest BCUT2D eigenvalue weighted by Gasteiger charge is 2.12. The topological polar surface area (TPSA) is 73.6 Å². The van der Waals surface area contributed by atoms with Crippen molar-refractivity contribution in [3.05, 3.63) is 36.2 Å². The van der Waals surface area contributed by atoms with Crippen LogP contribution in [0.2, 0.25) is 0 Å². The van der Waals surface area contributed by atoms with Crippen LogP contribution in [0.1, 0.15) is 10.4 Å². The molecule has 0 aliphatic heterocycles. The largest absolute Gasteiger partial charge is 0.493 e. The molecule has 1 aromatic heterocycles. The van der Waals surface area contributed by atoms with Crippen molar-refractivity contribution in [2.24, 2.45) is 7.05 Å². The molecule has 18 heavy (non-hydrogen) atoms. The van der Waals surface area contributed by atoms with Gasteiger partial charge in [-0.3, -0.25) is 0 Å². The summed E-state index contributed by atoms with van der Waals surface area (Å²) in [6.45, 7) is 0. The Bertz CT molecular complexity index is 577. The Hall–Kier alpha value is -2.50. The van der Waals surface area contributed by atoms with Crippen molar-refractivity contribution in [3.8, 4) is 17.5 Å². The number of benzene rings is 1. The zero-order valence-electron chi connectivity index (χ0n) is 9.95. The number of methoxy groups -OCH3 is 1. The summed E-state index contributed by atoms with van der Waals surface area (Å²) >= 11 is 0. The molecule has 0 unspecified atom stereocenters. The van der Waals surface area contributed by atoms with Gasteiger partial charge in [0, 0.05) is 19.4 Å². The molecule has 0 aliphatic rings. The number of aromatic nitrogens is 2. The molecule has 1 aromatic carbocycles. The Kier molecular flexibility index (Phi) is 3.18. The summed E-state index contributed by atoms with van der Waals surface area (Å²) in [7, 11) is 3.24. The molecule has 0 radical (unpaired) electrons. The second-order valence-corrected chi connectivity index (χ2v) is 3.59. The number of aryl methyl sites for hydroxylation is 1. The summed E-state index contributed by atoms with van der Waals surface area (Å²) in [6, 6.07) is 4.79. The van der Waals surface area contributed by atoms with Crippen molar-refractivity contribution in [1.82, 2.24) is 9.55 Å². The van der Waals surface area contributed by atoms with Gasteiger partial charge in [0.1, 0.15) is 0 Å². The first-order valence-corrected chi connectivity index (χ1v) is 5.18. The van der Waals surface area contributed by atoms with Crippen LogP contribution >= 0.6 is 0 Å². The summed E-state index contributed by atoms with van der Waals surface area (Å²) in [5.74, 6) is -0.258. The van der Waals surface area contributed by atoms with E-state index in [4.69, 9.17) is 14.6 Å². The number of nitrogens with zero attached hydrogens (tertiary/aromatic N) is 2. The normalized spacial score (nSPS) is 10.1. The van der Waals surface area contributed by atoms with Crippen LogP contribution in [0.5, 0.6) is 17.5 Å². The predicted molar refractivity (Wildman–Crippen MR) is 63.2 cm³/mol. The van der Waals surface area contributed by atoms with Gasteiger partial charge in [-0.1, -0.05) is 0 Å². The number of carboxylic acids is 1. The van der Waals surface area contributed by atoms with E-state index in [0.29, 0.717) is 17.5 Å². The van der Waals surface area contributed by atoms with Crippen molar-refractivity contribution in [3.63, 3.8) is 0 Å². The standard InChI is InChI=1S/C12H12N2O4/c1-14-6-5-13-12(14)18-9-4-3-8(11(15)16)7-10(9)17-2/h3-7H,1-2H3,(H,15,16). The van der Waals surface area contributed by atoms with Gasteiger partial charge >= 0.3 is 12.0 Å². The Morgan fingerprint density at radius 2 is 2.17 bits per heavy atom. The van der Waals surface area contributed by atoms with Crippen molar-refractivity contribution in [2.75, 3.05) is 7.11 Å². The fraction of sp³-hybridized carbons (Fsp3) is 0.167. The number of imidazole rings is 1. The fourth-order valence-corrected chi connectivity index (χ4v) is 1.43. The molecule has 2 rings (SSSR count). The average Bonchev–Trinajstić information content (AvgIpc) is 2.75. The lowest BCUT2D eigenvalue weighted by Crippen LogP contribution is -2.00. The first kappa shape index (κ1) is 12.0. The minimum atomic E-state index is -1.02. The highest BCUT2D eigenvalue weighted by atomic mass is 16.5. The number of carboxylic acid groups (broad SMARTS) is 1. The third-order valence-corrected chi connectivity index (χ3v) is 2.39. The maximum Gasteiger partial charge on any atom is 0.335 e. The van der Waals surface area contributed by atoms with Crippen molar-refractivity contribution in [2.45, 2.75) is 0 Å². The van der Waals surface area contributed by atoms with Gasteiger partial charge in [0.25, 0.3) is 0 Å². The number of aromatic carboxylic acids is 1. The molecule has 0 saturated heterocycles. The lowest BCUT2D eigenvalue weighted by molar-refractivity contribution is 0.0696. The maximum atomic E-state index is 10.8. The van der Waals surface area contributed by atoms with E-state index >= 15 is 0 Å². The minimum Gasteiger partial charge on any atom is -0.493 e. The summed E-state index contributed by atoms with van der Waals surface area (Å²) < 4.78 is 12.3. The monoisotopic (exact) mass is 248 g/mol. The summed E-state index contributed by atoms with van der Waals surface area (Å²) in [6.07, 6.45) is 3.35. The SMILES string of the molecule is COc1cc(C(=O)O)ccc1Oc1nccn1C. The van der Waals surface area contributed by atoms with E-state index < -0.39 is 5.97 Å². The van der Waals surface area contributed by atoms with Crippen LogP contribution in [0.25, 0.3) is 0 Å². The Balaban J connectivity index is 2.33. The fourth-order valence-electron chi connectivity index (χ4n) is 1.43. The molecule has 1 N–H and O–H groups in total. The van der Waals surface area contributed by atoms with E-state index in [-0.39, 0.29) is 5.56 Å². The minimum absolute atomic E-state index is 0.138. The quantitative estimate of drug-likeness (QED) is 0.894. The Morgan fingerprint density at radius 3 is 2.72 bits per heavy atom. The van der Waals surface area contributed by atoms with Crippen molar-refractivity contribution < 1.29 is 19.4 Å². The zero-order valence-corrected chi connectivity index (χ0v) is 9.95. The molecule has 2 aromatic rings. The number of hydrogen-bond donors (Lipinski definition) is 1. The maximum absolute atomic E-state index is 10.8. The Labute approximate surface area is 103 Å². The molecule has 0 saturated carbocycles. The summed E-state index contributed by atoms with van der Waals surface area (Å²) in [5.41, 5.74) is 0.138. The molecular weight excluding hydrogens is 236 g/mol. The first-order chi connectivity index (χ1) is 8.61. The predicted octanol–water partition coefficient (Wildman–Crippen LogP) is 1.92. The van der Waals surface area contributed by atoms with E-state index in [2.05, 4.69) is 4.98 Å². The highest BCUT2D eigenvalue weighted by Crippen LogP contribution is 2.31. The number of rotatable bonds is 4. The molecule has 6 nitrogen and oxygen atoms in total. The van der Waals surface area contributed by atoms with Gasteiger partial charge in [-0.25, -0.2) is 9.78 Å². The van der Waals surface area contributed by atoms with E-state index in [0.717, 1.165) is 0 Å². The van der Waals surface area contributed by atoms with Crippen LogP contribution in [-0.2, 0) is 7.05 Å². The lowest BCUT2D eigenvalue weighted by Gasteiger charge is -2.10. The molecule has 1 heterocycles. The van der Waals surface area contributed by atoms with Crippen LogP contribution in [0.4, 0.5) is 0 Å². The molecule has 6 heteroatoms. The number of ether oxygens (including phenoxy) is 2. The van der Waals surface area contributed by atoms with Gasteiger partial charge in [-0.2, -0.15) is 0 Å². The molecule has 0 fully saturated rings. The summed E-state index contributed by atoms with van der Waals surface area (Å²) in [4.78, 5) is 14.9. The van der Waals surface area contributed by atoms with Crippen LogP contribution in [0.15, 0.2) is 30.6 Å². The molecule has 0 atom stereocenters. The summed E-state index contributed by atoms with van der Waals surface area (Å²) in [5, 5.41) is 8.88. The van der Waals surface area contributed by atoms with Crippen molar-refractivity contribution >= 4 is 5.97 Å². The van der Waals surface area contributed by atoms with Gasteiger partial charge < -0.3 is 19.1 Å². The van der Waals surface area contributed by atoms with E-state index in [1.54, 1.807) is 24.0 Å². The van der Waals surface area contributed by atoms with Crippen LogP contribution in [-0.4, -0.2) is 27.7 Å². The van der Waals surface area contributed by atoms with Crippen LogP contribution < -0.4 is 9.47 Å². The van der Waals surface area contributed by atoms with Crippen LogP contribution in [0.3, 0.4) is 0 Å². The van der Waals surface area contributed by atoms with Gasteiger partial charge in [0.15, 0.2) is 11.5 Å². The smallest absolute Gasteiger partial charge is 0.335 e. The van der Waals surface area contributed by atoms with E-state index in [1.165, 1.54) is 25.3 Å². The third kappa shape index (κ3) is 2.27. The first-order valence-electron chi connectivity index (χ1n) is 5.18.